The molecule has 1 aliphatic heterocycles. The fraction of sp³-hybridized carbons (Fsp3) is 0.346. The van der Waals surface area contributed by atoms with Gasteiger partial charge in [0.2, 0.25) is 11.8 Å². The van der Waals surface area contributed by atoms with Crippen LogP contribution in [0.15, 0.2) is 53.4 Å². The van der Waals surface area contributed by atoms with Crippen LogP contribution in [-0.4, -0.2) is 55.3 Å². The maximum absolute atomic E-state index is 13.1. The van der Waals surface area contributed by atoms with Crippen molar-refractivity contribution in [3.8, 4) is 17.1 Å². The quantitative estimate of drug-likeness (QED) is 0.381. The molecule has 37 heavy (non-hydrogen) atoms. The third-order valence-electron chi connectivity index (χ3n) is 6.35. The van der Waals surface area contributed by atoms with Crippen LogP contribution in [-0.2, 0) is 14.8 Å². The molecule has 1 aliphatic rings. The predicted octanol–water partition coefficient (Wildman–Crippen LogP) is 3.39. The van der Waals surface area contributed by atoms with Crippen LogP contribution in [0.4, 0.5) is 5.95 Å². The fourth-order valence-corrected chi connectivity index (χ4v) is 5.42. The highest BCUT2D eigenvalue weighted by Crippen LogP contribution is 2.31. The molecule has 11 heteroatoms. The van der Waals surface area contributed by atoms with E-state index in [1.54, 1.807) is 6.07 Å². The van der Waals surface area contributed by atoms with Crippen molar-refractivity contribution in [1.29, 1.82) is 0 Å². The summed E-state index contributed by atoms with van der Waals surface area (Å²) in [5.74, 6) is -1.07. The summed E-state index contributed by atoms with van der Waals surface area (Å²) in [4.78, 5) is 19.9. The molecule has 1 unspecified atom stereocenters. The second-order valence-corrected chi connectivity index (χ2v) is 10.6. The van der Waals surface area contributed by atoms with Gasteiger partial charge in [-0.1, -0.05) is 24.3 Å². The normalized spacial score (nSPS) is 15.2. The number of sulfonamides is 1. The lowest BCUT2D eigenvalue weighted by molar-refractivity contribution is 0.0195. The number of benzene rings is 2. The number of aromatic carboxylic acids is 1. The summed E-state index contributed by atoms with van der Waals surface area (Å²) in [5, 5.41) is 9.26. The summed E-state index contributed by atoms with van der Waals surface area (Å²) in [7, 11) is -4.19. The first-order valence-corrected chi connectivity index (χ1v) is 13.4. The molecule has 0 amide bonds. The SMILES string of the molecule is Cc1cccc(C)c1-c1cc(OC(CN)C2CCOCC2)nc(NS(=O)(=O)c2cccc(C(=O)O)c2)n1. The van der Waals surface area contributed by atoms with Gasteiger partial charge in [0.25, 0.3) is 10.0 Å². The topological polar surface area (TPSA) is 154 Å². The van der Waals surface area contributed by atoms with Gasteiger partial charge in [0, 0.05) is 37.3 Å². The van der Waals surface area contributed by atoms with E-state index in [9.17, 15) is 18.3 Å². The lowest BCUT2D eigenvalue weighted by atomic mass is 9.94. The van der Waals surface area contributed by atoms with Gasteiger partial charge < -0.3 is 20.3 Å². The van der Waals surface area contributed by atoms with E-state index in [-0.39, 0.29) is 40.9 Å². The molecule has 196 valence electrons. The number of aryl methyl sites for hydroxylation is 2. The number of hydrogen-bond acceptors (Lipinski definition) is 8. The molecule has 10 nitrogen and oxygen atoms in total. The van der Waals surface area contributed by atoms with Crippen LogP contribution in [0.5, 0.6) is 5.88 Å². The van der Waals surface area contributed by atoms with E-state index in [0.717, 1.165) is 35.6 Å². The molecule has 1 aromatic heterocycles. The van der Waals surface area contributed by atoms with Crippen LogP contribution in [0.2, 0.25) is 0 Å². The van der Waals surface area contributed by atoms with Crippen molar-refractivity contribution in [1.82, 2.24) is 9.97 Å². The Morgan fingerprint density at radius 2 is 1.81 bits per heavy atom. The Balaban J connectivity index is 1.74. The van der Waals surface area contributed by atoms with E-state index in [1.165, 1.54) is 18.2 Å². The minimum atomic E-state index is -4.19. The highest BCUT2D eigenvalue weighted by Gasteiger charge is 2.26. The summed E-state index contributed by atoms with van der Waals surface area (Å²) < 4.78 is 40.3. The van der Waals surface area contributed by atoms with E-state index in [1.807, 2.05) is 32.0 Å². The zero-order valence-electron chi connectivity index (χ0n) is 20.7. The zero-order chi connectivity index (χ0) is 26.6. The molecular formula is C26H30N4O6S. The molecule has 1 atom stereocenters. The molecule has 0 aliphatic carbocycles. The summed E-state index contributed by atoms with van der Waals surface area (Å²) in [5.41, 5.74) is 9.10. The number of rotatable bonds is 9. The number of aromatic nitrogens is 2. The van der Waals surface area contributed by atoms with Crippen molar-refractivity contribution in [2.45, 2.75) is 37.7 Å². The lowest BCUT2D eigenvalue weighted by Gasteiger charge is -2.29. The van der Waals surface area contributed by atoms with E-state index >= 15 is 0 Å². The molecule has 4 N–H and O–H groups in total. The Kier molecular flexibility index (Phi) is 8.06. The molecule has 2 aromatic carbocycles. The first-order valence-electron chi connectivity index (χ1n) is 11.9. The Morgan fingerprint density at radius 3 is 2.46 bits per heavy atom. The van der Waals surface area contributed by atoms with Crippen molar-refractivity contribution >= 4 is 21.9 Å². The fourth-order valence-electron chi connectivity index (χ4n) is 4.43. The van der Waals surface area contributed by atoms with Crippen LogP contribution >= 0.6 is 0 Å². The van der Waals surface area contributed by atoms with Crippen molar-refractivity contribution in [3.63, 3.8) is 0 Å². The molecule has 0 saturated carbocycles. The molecule has 0 bridgehead atoms. The number of hydrogen-bond donors (Lipinski definition) is 3. The van der Waals surface area contributed by atoms with Crippen molar-refractivity contribution in [3.05, 3.63) is 65.2 Å². The number of carboxylic acids is 1. The van der Waals surface area contributed by atoms with E-state index in [2.05, 4.69) is 14.7 Å². The maximum Gasteiger partial charge on any atom is 0.335 e. The van der Waals surface area contributed by atoms with Crippen molar-refractivity contribution in [2.24, 2.45) is 11.7 Å². The van der Waals surface area contributed by atoms with Gasteiger partial charge in [0.1, 0.15) is 6.10 Å². The van der Waals surface area contributed by atoms with Crippen LogP contribution in [0.25, 0.3) is 11.3 Å². The first-order chi connectivity index (χ1) is 17.7. The standard InChI is InChI=1S/C26H30N4O6S/c1-16-5-3-6-17(2)24(16)21-14-23(36-22(15-27)18-9-11-35-12-10-18)29-26(28-21)30-37(33,34)20-8-4-7-19(13-20)25(31)32/h3-8,13-14,18,22H,9-12,15,27H2,1-2H3,(H,31,32)(H,28,29,30). The lowest BCUT2D eigenvalue weighted by Crippen LogP contribution is -2.38. The van der Waals surface area contributed by atoms with Gasteiger partial charge in [-0.3, -0.25) is 0 Å². The largest absolute Gasteiger partial charge is 0.478 e. The number of carboxylic acid groups (broad SMARTS) is 1. The number of carbonyl (C=O) groups is 1. The van der Waals surface area contributed by atoms with Gasteiger partial charge in [-0.15, -0.1) is 0 Å². The summed E-state index contributed by atoms with van der Waals surface area (Å²) in [6, 6.07) is 12.6. The second-order valence-electron chi connectivity index (χ2n) is 8.96. The zero-order valence-corrected chi connectivity index (χ0v) is 21.5. The van der Waals surface area contributed by atoms with Crippen molar-refractivity contribution in [2.75, 3.05) is 24.5 Å². The van der Waals surface area contributed by atoms with E-state index in [4.69, 9.17) is 15.2 Å². The Bertz CT molecular complexity index is 1370. The Morgan fingerprint density at radius 1 is 1.14 bits per heavy atom. The average Bonchev–Trinajstić information content (AvgIpc) is 2.87. The molecule has 1 fully saturated rings. The third-order valence-corrected chi connectivity index (χ3v) is 7.68. The highest BCUT2D eigenvalue weighted by molar-refractivity contribution is 7.92. The number of nitrogens with two attached hydrogens (primary N) is 1. The predicted molar refractivity (Wildman–Crippen MR) is 138 cm³/mol. The summed E-state index contributed by atoms with van der Waals surface area (Å²) in [6.07, 6.45) is 1.27. The monoisotopic (exact) mass is 526 g/mol. The van der Waals surface area contributed by atoms with Crippen LogP contribution in [0, 0.1) is 19.8 Å². The first kappa shape index (κ1) is 26.5. The van der Waals surface area contributed by atoms with Gasteiger partial charge in [-0.05, 0) is 56.0 Å². The van der Waals surface area contributed by atoms with Crippen molar-refractivity contribution < 1.29 is 27.8 Å². The van der Waals surface area contributed by atoms with Gasteiger partial charge in [-0.25, -0.2) is 22.9 Å². The molecule has 2 heterocycles. The summed E-state index contributed by atoms with van der Waals surface area (Å²) >= 11 is 0. The summed E-state index contributed by atoms with van der Waals surface area (Å²) in [6.45, 7) is 5.40. The average molecular weight is 527 g/mol. The van der Waals surface area contributed by atoms with Gasteiger partial charge in [0.05, 0.1) is 16.2 Å². The van der Waals surface area contributed by atoms with E-state index < -0.39 is 16.0 Å². The molecule has 3 aromatic rings. The van der Waals surface area contributed by atoms with Gasteiger partial charge in [0.15, 0.2) is 0 Å². The molecule has 1 saturated heterocycles. The van der Waals surface area contributed by atoms with Gasteiger partial charge in [-0.2, -0.15) is 4.98 Å². The Hall–Kier alpha value is -3.54. The maximum atomic E-state index is 13.1. The van der Waals surface area contributed by atoms with Crippen LogP contribution in [0.3, 0.4) is 0 Å². The number of nitrogens with one attached hydrogen (secondary N) is 1. The number of ether oxygens (including phenoxy) is 2. The second kappa shape index (κ2) is 11.2. The Labute approximate surface area is 215 Å². The van der Waals surface area contributed by atoms with Crippen LogP contribution in [0.1, 0.15) is 34.3 Å². The number of nitrogens with zero attached hydrogens (tertiary/aromatic N) is 2. The molecule has 4 rings (SSSR count). The minimum Gasteiger partial charge on any atom is -0.478 e. The van der Waals surface area contributed by atoms with Gasteiger partial charge >= 0.3 is 5.97 Å². The third kappa shape index (κ3) is 6.24. The van der Waals surface area contributed by atoms with Crippen LogP contribution < -0.4 is 15.2 Å². The minimum absolute atomic E-state index is 0.153. The molecule has 0 radical (unpaired) electrons. The number of anilines is 1. The van der Waals surface area contributed by atoms with E-state index in [0.29, 0.717) is 18.9 Å². The molecular weight excluding hydrogens is 496 g/mol. The molecule has 0 spiro atoms. The smallest absolute Gasteiger partial charge is 0.335 e. The highest BCUT2D eigenvalue weighted by atomic mass is 32.2.